The van der Waals surface area contributed by atoms with Crippen LogP contribution in [0.5, 0.6) is 0 Å². The van der Waals surface area contributed by atoms with Crippen molar-refractivity contribution in [3.63, 3.8) is 0 Å². The number of carbonyl (C=O) groups is 2. The van der Waals surface area contributed by atoms with Gasteiger partial charge in [-0.05, 0) is 81.0 Å². The van der Waals surface area contributed by atoms with E-state index in [4.69, 9.17) is 0 Å². The Hall–Kier alpha value is -2.39. The van der Waals surface area contributed by atoms with Gasteiger partial charge < -0.3 is 10.2 Å². The zero-order chi connectivity index (χ0) is 27.9. The number of benzene rings is 2. The van der Waals surface area contributed by atoms with Gasteiger partial charge in [-0.25, -0.2) is 8.42 Å². The van der Waals surface area contributed by atoms with Crippen LogP contribution >= 0.6 is 15.9 Å². The number of carbonyl (C=O) groups excluding carboxylic acids is 2. The number of hydrogen-bond donors (Lipinski definition) is 1. The third-order valence-corrected chi connectivity index (χ3v) is 8.98. The van der Waals surface area contributed by atoms with Gasteiger partial charge in [0, 0.05) is 30.0 Å². The second-order valence-electron chi connectivity index (χ2n) is 10.4. The number of sulfonamides is 1. The number of nitrogens with one attached hydrogen (secondary N) is 1. The van der Waals surface area contributed by atoms with Crippen molar-refractivity contribution in [3.05, 3.63) is 63.6 Å². The fraction of sp³-hybridized carbons (Fsp3) is 0.517. The summed E-state index contributed by atoms with van der Waals surface area (Å²) in [6, 6.07) is 12.8. The van der Waals surface area contributed by atoms with E-state index in [1.807, 2.05) is 50.2 Å². The molecule has 1 unspecified atom stereocenters. The summed E-state index contributed by atoms with van der Waals surface area (Å²) in [6.45, 7) is 6.17. The average Bonchev–Trinajstić information content (AvgIpc) is 2.86. The Labute approximate surface area is 236 Å². The number of anilines is 1. The van der Waals surface area contributed by atoms with Crippen LogP contribution in [-0.2, 0) is 26.2 Å². The van der Waals surface area contributed by atoms with Gasteiger partial charge in [0.15, 0.2) is 0 Å². The summed E-state index contributed by atoms with van der Waals surface area (Å²) in [7, 11) is -3.53. The van der Waals surface area contributed by atoms with E-state index in [0.717, 1.165) is 46.8 Å². The molecule has 1 saturated carbocycles. The lowest BCUT2D eigenvalue weighted by Crippen LogP contribution is -2.50. The number of rotatable bonds is 11. The topological polar surface area (TPSA) is 86.8 Å². The van der Waals surface area contributed by atoms with Crippen molar-refractivity contribution in [1.29, 1.82) is 0 Å². The molecule has 1 N–H and O–H groups in total. The van der Waals surface area contributed by atoms with Crippen molar-refractivity contribution in [1.82, 2.24) is 10.2 Å². The fourth-order valence-corrected chi connectivity index (χ4v) is 6.27. The Balaban J connectivity index is 1.72. The molecule has 0 aliphatic heterocycles. The highest BCUT2D eigenvalue weighted by Crippen LogP contribution is 2.23. The lowest BCUT2D eigenvalue weighted by atomic mass is 9.95. The summed E-state index contributed by atoms with van der Waals surface area (Å²) < 4.78 is 27.4. The first-order valence-electron chi connectivity index (χ1n) is 13.3. The Morgan fingerprint density at radius 3 is 2.39 bits per heavy atom. The van der Waals surface area contributed by atoms with Gasteiger partial charge in [0.2, 0.25) is 21.8 Å². The number of hydrogen-bond acceptors (Lipinski definition) is 4. The van der Waals surface area contributed by atoms with Gasteiger partial charge in [-0.15, -0.1) is 0 Å². The van der Waals surface area contributed by atoms with E-state index in [-0.39, 0.29) is 30.8 Å². The van der Waals surface area contributed by atoms with E-state index in [9.17, 15) is 18.0 Å². The molecule has 208 valence electrons. The minimum Gasteiger partial charge on any atom is -0.352 e. The van der Waals surface area contributed by atoms with Crippen molar-refractivity contribution in [2.45, 2.75) is 84.3 Å². The van der Waals surface area contributed by atoms with Crippen molar-refractivity contribution in [2.75, 3.05) is 17.1 Å². The van der Waals surface area contributed by atoms with Crippen LogP contribution in [0.15, 0.2) is 46.9 Å². The highest BCUT2D eigenvalue weighted by Gasteiger charge is 2.28. The maximum absolute atomic E-state index is 13.5. The molecule has 2 aromatic carbocycles. The largest absolute Gasteiger partial charge is 0.352 e. The van der Waals surface area contributed by atoms with Gasteiger partial charge in [-0.2, -0.15) is 0 Å². The molecular formula is C29H40BrN3O4S. The Morgan fingerprint density at radius 1 is 1.05 bits per heavy atom. The Kier molecular flexibility index (Phi) is 10.8. The number of nitrogens with zero attached hydrogens (tertiary/aromatic N) is 2. The van der Waals surface area contributed by atoms with Crippen molar-refractivity contribution in [2.24, 2.45) is 0 Å². The lowest BCUT2D eigenvalue weighted by Gasteiger charge is -2.31. The highest BCUT2D eigenvalue weighted by molar-refractivity contribution is 9.10. The van der Waals surface area contributed by atoms with Crippen LogP contribution in [0, 0.1) is 13.8 Å². The Bertz CT molecular complexity index is 1230. The smallest absolute Gasteiger partial charge is 0.242 e. The monoisotopic (exact) mass is 605 g/mol. The molecule has 2 aromatic rings. The first kappa shape index (κ1) is 30.2. The molecule has 38 heavy (non-hydrogen) atoms. The normalized spacial score (nSPS) is 15.1. The van der Waals surface area contributed by atoms with Gasteiger partial charge in [0.1, 0.15) is 6.04 Å². The molecule has 7 nitrogen and oxygen atoms in total. The fourth-order valence-electron chi connectivity index (χ4n) is 4.87. The summed E-state index contributed by atoms with van der Waals surface area (Å²) >= 11 is 3.48. The standard InChI is InChI=1S/C29H40BrN3O4S/c1-21-15-16-27(18-22(21)2)33(38(4,36)37)17-9-14-28(34)32(20-24-10-8-11-25(30)19-24)23(3)29(35)31-26-12-6-5-7-13-26/h8,10-11,15-16,18-19,23,26H,5-7,9,12-14,17,20H2,1-4H3,(H,31,35). The SMILES string of the molecule is Cc1ccc(N(CCCC(=O)N(Cc2cccc(Br)c2)C(C)C(=O)NC2CCCCC2)S(C)(=O)=O)cc1C. The van der Waals surface area contributed by atoms with Crippen LogP contribution in [0.25, 0.3) is 0 Å². The van der Waals surface area contributed by atoms with E-state index in [2.05, 4.69) is 21.2 Å². The zero-order valence-corrected chi connectivity index (χ0v) is 25.3. The number of halogens is 1. The van der Waals surface area contributed by atoms with Gasteiger partial charge in [-0.3, -0.25) is 13.9 Å². The Morgan fingerprint density at radius 2 is 1.76 bits per heavy atom. The molecule has 9 heteroatoms. The minimum atomic E-state index is -3.53. The molecule has 3 rings (SSSR count). The first-order chi connectivity index (χ1) is 18.0. The molecule has 1 aliphatic carbocycles. The summed E-state index contributed by atoms with van der Waals surface area (Å²) in [5, 5.41) is 3.15. The maximum Gasteiger partial charge on any atom is 0.242 e. The van der Waals surface area contributed by atoms with Gasteiger partial charge >= 0.3 is 0 Å². The van der Waals surface area contributed by atoms with Crippen molar-refractivity contribution >= 4 is 43.5 Å². The molecule has 0 aromatic heterocycles. The number of amides is 2. The summed E-state index contributed by atoms with van der Waals surface area (Å²) in [6.07, 6.45) is 7.00. The third-order valence-electron chi connectivity index (χ3n) is 7.29. The van der Waals surface area contributed by atoms with Crippen LogP contribution in [0.4, 0.5) is 5.69 Å². The quantitative estimate of drug-likeness (QED) is 0.367. The first-order valence-corrected chi connectivity index (χ1v) is 16.0. The van der Waals surface area contributed by atoms with E-state index in [1.165, 1.54) is 17.0 Å². The average molecular weight is 607 g/mol. The van der Waals surface area contributed by atoms with E-state index in [0.29, 0.717) is 18.7 Å². The second-order valence-corrected chi connectivity index (χ2v) is 13.2. The second kappa shape index (κ2) is 13.6. The molecule has 2 amide bonds. The molecule has 0 radical (unpaired) electrons. The third kappa shape index (κ3) is 8.56. The van der Waals surface area contributed by atoms with E-state index in [1.54, 1.807) is 17.9 Å². The molecule has 0 bridgehead atoms. The zero-order valence-electron chi connectivity index (χ0n) is 22.9. The summed E-state index contributed by atoms with van der Waals surface area (Å²) in [5.74, 6) is -0.321. The van der Waals surface area contributed by atoms with E-state index >= 15 is 0 Å². The van der Waals surface area contributed by atoms with Crippen LogP contribution in [0.1, 0.15) is 68.6 Å². The van der Waals surface area contributed by atoms with Gasteiger partial charge in [-0.1, -0.05) is 53.4 Å². The van der Waals surface area contributed by atoms with Crippen LogP contribution < -0.4 is 9.62 Å². The van der Waals surface area contributed by atoms with Gasteiger partial charge in [0.05, 0.1) is 11.9 Å². The minimum absolute atomic E-state index is 0.131. The molecule has 1 fully saturated rings. The lowest BCUT2D eigenvalue weighted by molar-refractivity contribution is -0.141. The molecule has 0 spiro atoms. The molecule has 0 heterocycles. The summed E-state index contributed by atoms with van der Waals surface area (Å²) in [4.78, 5) is 28.3. The van der Waals surface area contributed by atoms with Crippen LogP contribution in [0.2, 0.25) is 0 Å². The number of aryl methyl sites for hydroxylation is 2. The predicted molar refractivity (Wildman–Crippen MR) is 157 cm³/mol. The molecular weight excluding hydrogens is 566 g/mol. The summed E-state index contributed by atoms with van der Waals surface area (Å²) in [5.41, 5.74) is 3.60. The maximum atomic E-state index is 13.5. The molecule has 0 saturated heterocycles. The van der Waals surface area contributed by atoms with Crippen molar-refractivity contribution < 1.29 is 18.0 Å². The highest BCUT2D eigenvalue weighted by atomic mass is 79.9. The van der Waals surface area contributed by atoms with Gasteiger partial charge in [0.25, 0.3) is 0 Å². The molecule has 1 aliphatic rings. The van der Waals surface area contributed by atoms with E-state index < -0.39 is 16.1 Å². The van der Waals surface area contributed by atoms with Crippen molar-refractivity contribution in [3.8, 4) is 0 Å². The van der Waals surface area contributed by atoms with Crippen LogP contribution in [-0.4, -0.2) is 50.0 Å². The van der Waals surface area contributed by atoms with Crippen LogP contribution in [0.3, 0.4) is 0 Å². The predicted octanol–water partition coefficient (Wildman–Crippen LogP) is 5.48. The molecule has 1 atom stereocenters.